The predicted octanol–water partition coefficient (Wildman–Crippen LogP) is 0.262. The van der Waals surface area contributed by atoms with Crippen LogP contribution in [0.15, 0.2) is 4.79 Å². The molecule has 2 rings (SSSR count). The number of cyclic esters (lactones) is 1. The minimum atomic E-state index is -0.811. The second-order valence-corrected chi connectivity index (χ2v) is 3.11. The van der Waals surface area contributed by atoms with Crippen LogP contribution in [0.3, 0.4) is 0 Å². The molecular formula is C8H6N2O5. The van der Waals surface area contributed by atoms with E-state index in [0.717, 1.165) is 0 Å². The average Bonchev–Trinajstić information content (AvgIpc) is 2.47. The lowest BCUT2D eigenvalue weighted by Gasteiger charge is -1.99. The highest BCUT2D eigenvalue weighted by atomic mass is 16.6. The average molecular weight is 210 g/mol. The molecule has 0 saturated carbocycles. The number of carbonyl (C=O) groups is 1. The fourth-order valence-corrected chi connectivity index (χ4v) is 1.59. The molecule has 7 nitrogen and oxygen atoms in total. The standard InChI is InChI=1S/C8H6N2O5/c1-3-6(10(13)14)4-2-15-8(12)5(4)7(11)9-3/h2H2,1H3,(H,9,11). The van der Waals surface area contributed by atoms with Gasteiger partial charge >= 0.3 is 5.97 Å². The zero-order valence-electron chi connectivity index (χ0n) is 7.70. The number of nitro groups is 1. The summed E-state index contributed by atoms with van der Waals surface area (Å²) in [4.78, 5) is 34.8. The molecule has 0 atom stereocenters. The monoisotopic (exact) mass is 210 g/mol. The fourth-order valence-electron chi connectivity index (χ4n) is 1.59. The zero-order chi connectivity index (χ0) is 11.2. The Morgan fingerprint density at radius 2 is 2.13 bits per heavy atom. The summed E-state index contributed by atoms with van der Waals surface area (Å²) in [5.41, 5.74) is -0.966. The highest BCUT2D eigenvalue weighted by Gasteiger charge is 2.34. The number of H-pyrrole nitrogens is 1. The third-order valence-electron chi connectivity index (χ3n) is 2.21. The summed E-state index contributed by atoms with van der Waals surface area (Å²) in [5, 5.41) is 10.7. The van der Waals surface area contributed by atoms with E-state index in [-0.39, 0.29) is 29.1 Å². The van der Waals surface area contributed by atoms with Crippen LogP contribution in [0, 0.1) is 17.0 Å². The van der Waals surface area contributed by atoms with Gasteiger partial charge in [-0.1, -0.05) is 0 Å². The van der Waals surface area contributed by atoms with Crippen LogP contribution in [0.5, 0.6) is 0 Å². The lowest BCUT2D eigenvalue weighted by molar-refractivity contribution is -0.386. The number of aryl methyl sites for hydroxylation is 1. The van der Waals surface area contributed by atoms with E-state index in [4.69, 9.17) is 0 Å². The number of rotatable bonds is 1. The SMILES string of the molecule is Cc1[nH]c(=O)c2c(c1[N+](=O)[O-])COC2=O. The van der Waals surface area contributed by atoms with E-state index in [1.165, 1.54) is 6.92 Å². The van der Waals surface area contributed by atoms with E-state index in [1.54, 1.807) is 0 Å². The Balaban J connectivity index is 2.85. The Kier molecular flexibility index (Phi) is 1.82. The first-order chi connectivity index (χ1) is 7.02. The van der Waals surface area contributed by atoms with Crippen molar-refractivity contribution in [2.45, 2.75) is 13.5 Å². The van der Waals surface area contributed by atoms with E-state index in [1.807, 2.05) is 0 Å². The van der Waals surface area contributed by atoms with Gasteiger partial charge in [-0.15, -0.1) is 0 Å². The van der Waals surface area contributed by atoms with Gasteiger partial charge in [0.1, 0.15) is 12.2 Å². The van der Waals surface area contributed by atoms with Gasteiger partial charge < -0.3 is 9.72 Å². The molecule has 0 fully saturated rings. The molecule has 0 bridgehead atoms. The van der Waals surface area contributed by atoms with Crippen molar-refractivity contribution >= 4 is 11.7 Å². The Morgan fingerprint density at radius 3 is 2.73 bits per heavy atom. The molecule has 0 aliphatic carbocycles. The van der Waals surface area contributed by atoms with Crippen LogP contribution in [-0.4, -0.2) is 15.9 Å². The fraction of sp³-hybridized carbons (Fsp3) is 0.250. The molecule has 7 heteroatoms. The van der Waals surface area contributed by atoms with E-state index in [2.05, 4.69) is 9.72 Å². The summed E-state index contributed by atoms with van der Waals surface area (Å²) in [6.07, 6.45) is 0. The van der Waals surface area contributed by atoms with E-state index in [9.17, 15) is 19.7 Å². The summed E-state index contributed by atoms with van der Waals surface area (Å²) >= 11 is 0. The Morgan fingerprint density at radius 1 is 1.47 bits per heavy atom. The van der Waals surface area contributed by atoms with Gasteiger partial charge in [-0.25, -0.2) is 4.79 Å². The van der Waals surface area contributed by atoms with Crippen molar-refractivity contribution in [1.29, 1.82) is 0 Å². The zero-order valence-corrected chi connectivity index (χ0v) is 7.70. The molecule has 0 unspecified atom stereocenters. The number of nitrogens with zero attached hydrogens (tertiary/aromatic N) is 1. The van der Waals surface area contributed by atoms with E-state index in [0.29, 0.717) is 0 Å². The number of fused-ring (bicyclic) bond motifs is 1. The van der Waals surface area contributed by atoms with E-state index < -0.39 is 16.5 Å². The topological polar surface area (TPSA) is 102 Å². The maximum absolute atomic E-state index is 11.3. The first-order valence-corrected chi connectivity index (χ1v) is 4.09. The maximum atomic E-state index is 11.3. The number of carbonyl (C=O) groups excluding carboxylic acids is 1. The predicted molar refractivity (Wildman–Crippen MR) is 47.6 cm³/mol. The number of ether oxygens (including phenoxy) is 1. The quantitative estimate of drug-likeness (QED) is 0.407. The lowest BCUT2D eigenvalue weighted by atomic mass is 10.1. The van der Waals surface area contributed by atoms with Crippen LogP contribution in [0.1, 0.15) is 21.6 Å². The number of hydrogen-bond acceptors (Lipinski definition) is 5. The summed E-state index contributed by atoms with van der Waals surface area (Å²) in [5.74, 6) is -0.811. The third kappa shape index (κ3) is 1.20. The highest BCUT2D eigenvalue weighted by Crippen LogP contribution is 2.28. The van der Waals surface area contributed by atoms with Crippen LogP contribution in [-0.2, 0) is 11.3 Å². The summed E-state index contributed by atoms with van der Waals surface area (Å²) in [7, 11) is 0. The van der Waals surface area contributed by atoms with Crippen molar-refractivity contribution in [3.63, 3.8) is 0 Å². The molecule has 1 aromatic heterocycles. The molecule has 1 aromatic rings. The molecular weight excluding hydrogens is 204 g/mol. The van der Waals surface area contributed by atoms with Crippen LogP contribution in [0.25, 0.3) is 0 Å². The van der Waals surface area contributed by atoms with Crippen LogP contribution >= 0.6 is 0 Å². The molecule has 2 heterocycles. The minimum Gasteiger partial charge on any atom is -0.457 e. The minimum absolute atomic E-state index is 0.0613. The smallest absolute Gasteiger partial charge is 0.344 e. The van der Waals surface area contributed by atoms with Crippen molar-refractivity contribution < 1.29 is 14.5 Å². The molecule has 0 radical (unpaired) electrons. The lowest BCUT2D eigenvalue weighted by Crippen LogP contribution is -2.18. The highest BCUT2D eigenvalue weighted by molar-refractivity contribution is 5.94. The molecule has 0 aromatic carbocycles. The molecule has 78 valence electrons. The number of pyridine rings is 1. The first-order valence-electron chi connectivity index (χ1n) is 4.09. The second-order valence-electron chi connectivity index (χ2n) is 3.11. The Labute approximate surface area is 82.8 Å². The molecule has 0 spiro atoms. The third-order valence-corrected chi connectivity index (χ3v) is 2.21. The summed E-state index contributed by atoms with van der Waals surface area (Å²) in [6.45, 7) is 1.19. The van der Waals surface area contributed by atoms with Crippen molar-refractivity contribution in [2.24, 2.45) is 0 Å². The molecule has 0 amide bonds. The Bertz CT molecular complexity index is 531. The van der Waals surface area contributed by atoms with Crippen LogP contribution in [0.2, 0.25) is 0 Å². The molecule has 15 heavy (non-hydrogen) atoms. The van der Waals surface area contributed by atoms with Crippen molar-refractivity contribution in [1.82, 2.24) is 4.98 Å². The van der Waals surface area contributed by atoms with Crippen LogP contribution in [0.4, 0.5) is 5.69 Å². The van der Waals surface area contributed by atoms with Crippen molar-refractivity contribution in [3.8, 4) is 0 Å². The van der Waals surface area contributed by atoms with Gasteiger partial charge in [-0.05, 0) is 6.92 Å². The van der Waals surface area contributed by atoms with Gasteiger partial charge in [0.25, 0.3) is 11.2 Å². The van der Waals surface area contributed by atoms with Crippen molar-refractivity contribution in [3.05, 3.63) is 37.3 Å². The Hall–Kier alpha value is -2.18. The maximum Gasteiger partial charge on any atom is 0.344 e. The van der Waals surface area contributed by atoms with Gasteiger partial charge in [-0.2, -0.15) is 0 Å². The molecule has 1 aliphatic heterocycles. The summed E-state index contributed by atoms with van der Waals surface area (Å²) in [6, 6.07) is 0. The second kappa shape index (κ2) is 2.91. The molecule has 1 aliphatic rings. The van der Waals surface area contributed by atoms with Gasteiger partial charge in [0.2, 0.25) is 0 Å². The largest absolute Gasteiger partial charge is 0.457 e. The number of aromatic amines is 1. The summed E-state index contributed by atoms with van der Waals surface area (Å²) < 4.78 is 4.59. The van der Waals surface area contributed by atoms with Gasteiger partial charge in [0.05, 0.1) is 16.2 Å². The number of aromatic nitrogens is 1. The number of nitrogens with one attached hydrogen (secondary N) is 1. The van der Waals surface area contributed by atoms with Crippen molar-refractivity contribution in [2.75, 3.05) is 0 Å². The molecule has 1 N–H and O–H groups in total. The number of hydrogen-bond donors (Lipinski definition) is 1. The van der Waals surface area contributed by atoms with Crippen LogP contribution < -0.4 is 5.56 Å². The molecule has 0 saturated heterocycles. The number of esters is 1. The normalized spacial score (nSPS) is 13.5. The van der Waals surface area contributed by atoms with Gasteiger partial charge in [0, 0.05) is 0 Å². The first kappa shape index (κ1) is 9.38. The van der Waals surface area contributed by atoms with E-state index >= 15 is 0 Å². The van der Waals surface area contributed by atoms with Gasteiger partial charge in [0.15, 0.2) is 0 Å². The van der Waals surface area contributed by atoms with Gasteiger partial charge in [-0.3, -0.25) is 14.9 Å².